The van der Waals surface area contributed by atoms with Gasteiger partial charge in [-0.1, -0.05) is 107 Å². The van der Waals surface area contributed by atoms with Crippen LogP contribution in [0.5, 0.6) is 0 Å². The maximum atomic E-state index is 12.7. The Kier molecular flexibility index (Phi) is 28.6. The van der Waals surface area contributed by atoms with Crippen LogP contribution >= 0.6 is 7.82 Å². The first-order valence-electron chi connectivity index (χ1n) is 18.0. The van der Waals surface area contributed by atoms with Gasteiger partial charge in [-0.3, -0.25) is 9.36 Å². The number of hydrogen-bond acceptors (Lipinski definition) is 6. The number of aliphatic hydroxyl groups excluding tert-OH is 1. The van der Waals surface area contributed by atoms with Gasteiger partial charge in [-0.15, -0.1) is 0 Å². The predicted octanol–water partition coefficient (Wildman–Crippen LogP) is 8.33. The van der Waals surface area contributed by atoms with E-state index in [0.717, 1.165) is 38.5 Å². The van der Waals surface area contributed by atoms with Crippen LogP contribution in [0, 0.1) is 0 Å². The molecule has 3 unspecified atom stereocenters. The van der Waals surface area contributed by atoms with Crippen molar-refractivity contribution in [3.8, 4) is 0 Å². The van der Waals surface area contributed by atoms with E-state index in [1.165, 1.54) is 64.2 Å². The Morgan fingerprint density at radius 1 is 0.739 bits per heavy atom. The number of rotatable bonds is 31. The first-order valence-corrected chi connectivity index (χ1v) is 19.5. The summed E-state index contributed by atoms with van der Waals surface area (Å²) in [5, 5.41) is 13.6. The molecule has 0 bridgehead atoms. The summed E-state index contributed by atoms with van der Waals surface area (Å²) in [5.41, 5.74) is 0. The lowest BCUT2D eigenvalue weighted by Crippen LogP contribution is -2.45. The quantitative estimate of drug-likeness (QED) is 0.0333. The van der Waals surface area contributed by atoms with Crippen molar-refractivity contribution in [2.24, 2.45) is 0 Å². The topological polar surface area (TPSA) is 108 Å². The number of carbonyl (C=O) groups excluding carboxylic acids is 1. The number of quaternary nitrogens is 1. The largest absolute Gasteiger partial charge is 0.756 e. The van der Waals surface area contributed by atoms with Crippen molar-refractivity contribution in [1.29, 1.82) is 0 Å². The average Bonchev–Trinajstić information content (AvgIpc) is 2.99. The molecule has 0 heterocycles. The van der Waals surface area contributed by atoms with Crippen molar-refractivity contribution < 1.29 is 32.9 Å². The second kappa shape index (κ2) is 29.6. The highest BCUT2D eigenvalue weighted by Gasteiger charge is 2.23. The molecule has 0 saturated heterocycles. The van der Waals surface area contributed by atoms with Crippen LogP contribution in [0.15, 0.2) is 48.6 Å². The van der Waals surface area contributed by atoms with Crippen LogP contribution in [0.3, 0.4) is 0 Å². The molecule has 0 aromatic rings. The second-order valence-electron chi connectivity index (χ2n) is 13.2. The highest BCUT2D eigenvalue weighted by Crippen LogP contribution is 2.38. The van der Waals surface area contributed by atoms with E-state index in [0.29, 0.717) is 17.4 Å². The van der Waals surface area contributed by atoms with Crippen LogP contribution in [0.2, 0.25) is 0 Å². The molecule has 0 aromatic carbocycles. The number of nitrogens with zero attached hydrogens (tertiary/aromatic N) is 1. The standard InChI is InChI=1S/C37H69N2O6P/c1-6-8-10-12-14-16-17-18-19-20-21-23-24-26-28-30-36(40)35(34-45-46(42,43)44-33-32-39(3,4)5)38-37(41)31-29-27-25-22-15-13-11-9-7-2/h17-18,21-23,25,28,30,35-36,40H,6-16,19-20,24,26-27,29,31-34H2,1-5H3,(H-,38,41,42,43)/b18-17+,23-21+,25-22-,30-28+. The minimum absolute atomic E-state index is 0.0151. The van der Waals surface area contributed by atoms with Gasteiger partial charge in [-0.25, -0.2) is 0 Å². The summed E-state index contributed by atoms with van der Waals surface area (Å²) < 4.78 is 23.0. The first-order chi connectivity index (χ1) is 22.0. The predicted molar refractivity (Wildman–Crippen MR) is 191 cm³/mol. The molecule has 0 aromatic heterocycles. The summed E-state index contributed by atoms with van der Waals surface area (Å²) in [4.78, 5) is 25.0. The van der Waals surface area contributed by atoms with Crippen molar-refractivity contribution in [2.75, 3.05) is 40.9 Å². The van der Waals surface area contributed by atoms with Crippen LogP contribution in [-0.2, 0) is 18.4 Å². The van der Waals surface area contributed by atoms with E-state index in [2.05, 4.69) is 55.6 Å². The Labute approximate surface area is 282 Å². The molecule has 0 fully saturated rings. The molecule has 0 rings (SSSR count). The highest BCUT2D eigenvalue weighted by atomic mass is 31.2. The summed E-state index contributed by atoms with van der Waals surface area (Å²) in [5.74, 6) is -0.252. The zero-order valence-corrected chi connectivity index (χ0v) is 30.9. The average molecular weight is 669 g/mol. The van der Waals surface area contributed by atoms with Gasteiger partial charge in [0.15, 0.2) is 0 Å². The number of amides is 1. The molecule has 3 atom stereocenters. The second-order valence-corrected chi connectivity index (χ2v) is 14.6. The molecule has 0 spiro atoms. The molecule has 0 aliphatic heterocycles. The third-order valence-electron chi connectivity index (χ3n) is 7.49. The minimum Gasteiger partial charge on any atom is -0.756 e. The van der Waals surface area contributed by atoms with E-state index in [1.54, 1.807) is 6.08 Å². The van der Waals surface area contributed by atoms with E-state index < -0.39 is 26.6 Å². The Hall–Kier alpha value is -1.54. The maximum Gasteiger partial charge on any atom is 0.268 e. The summed E-state index contributed by atoms with van der Waals surface area (Å²) in [6, 6.07) is -0.920. The number of aliphatic hydroxyl groups is 1. The molecule has 46 heavy (non-hydrogen) atoms. The van der Waals surface area contributed by atoms with Gasteiger partial charge in [0.05, 0.1) is 39.9 Å². The lowest BCUT2D eigenvalue weighted by atomic mass is 10.1. The molecular weight excluding hydrogens is 599 g/mol. The van der Waals surface area contributed by atoms with Crippen molar-refractivity contribution in [3.63, 3.8) is 0 Å². The van der Waals surface area contributed by atoms with Crippen molar-refractivity contribution in [2.45, 2.75) is 142 Å². The fourth-order valence-corrected chi connectivity index (χ4v) is 5.26. The smallest absolute Gasteiger partial charge is 0.268 e. The zero-order valence-electron chi connectivity index (χ0n) is 30.0. The van der Waals surface area contributed by atoms with Gasteiger partial charge in [0.2, 0.25) is 5.91 Å². The van der Waals surface area contributed by atoms with E-state index in [4.69, 9.17) is 9.05 Å². The van der Waals surface area contributed by atoms with E-state index in [1.807, 2.05) is 27.2 Å². The maximum absolute atomic E-state index is 12.7. The Morgan fingerprint density at radius 3 is 1.76 bits per heavy atom. The molecule has 2 N–H and O–H groups in total. The van der Waals surface area contributed by atoms with Crippen LogP contribution in [0.25, 0.3) is 0 Å². The highest BCUT2D eigenvalue weighted by molar-refractivity contribution is 7.45. The summed E-state index contributed by atoms with van der Waals surface area (Å²) in [6.45, 7) is 4.50. The number of unbranched alkanes of at least 4 members (excludes halogenated alkanes) is 12. The molecule has 0 radical (unpaired) electrons. The molecule has 8 nitrogen and oxygen atoms in total. The fraction of sp³-hybridized carbons (Fsp3) is 0.757. The molecule has 9 heteroatoms. The van der Waals surface area contributed by atoms with Crippen molar-refractivity contribution >= 4 is 13.7 Å². The summed E-state index contributed by atoms with van der Waals surface area (Å²) in [6.07, 6.45) is 34.6. The van der Waals surface area contributed by atoms with Gasteiger partial charge in [0.1, 0.15) is 13.2 Å². The third kappa shape index (κ3) is 31.1. The lowest BCUT2D eigenvalue weighted by molar-refractivity contribution is -0.870. The summed E-state index contributed by atoms with van der Waals surface area (Å²) in [7, 11) is 1.21. The number of carbonyl (C=O) groups is 1. The van der Waals surface area contributed by atoms with Crippen molar-refractivity contribution in [3.05, 3.63) is 48.6 Å². The van der Waals surface area contributed by atoms with Crippen LogP contribution in [0.1, 0.15) is 129 Å². The normalized spacial score (nSPS) is 15.4. The SMILES string of the molecule is CCCCCC/C=C\CCCC(=O)NC(COP(=O)([O-])OCC[N+](C)(C)C)C(O)/C=C/CC/C=C/CC/C=C/CCCCCCC. The first kappa shape index (κ1) is 44.5. The Bertz CT molecular complexity index is 897. The number of likely N-dealkylation sites (N-methyl/N-ethyl adjacent to an activating group) is 1. The zero-order chi connectivity index (χ0) is 34.4. The molecule has 268 valence electrons. The fourth-order valence-electron chi connectivity index (χ4n) is 4.54. The number of nitrogens with one attached hydrogen (secondary N) is 1. The molecule has 0 aliphatic rings. The van der Waals surface area contributed by atoms with E-state index in [-0.39, 0.29) is 18.9 Å². The lowest BCUT2D eigenvalue weighted by Gasteiger charge is -2.29. The van der Waals surface area contributed by atoms with E-state index in [9.17, 15) is 19.4 Å². The van der Waals surface area contributed by atoms with Crippen LogP contribution in [-0.4, -0.2) is 68.5 Å². The van der Waals surface area contributed by atoms with Gasteiger partial charge < -0.3 is 28.8 Å². The van der Waals surface area contributed by atoms with Gasteiger partial charge in [-0.05, 0) is 64.2 Å². The van der Waals surface area contributed by atoms with Gasteiger partial charge in [-0.2, -0.15) is 0 Å². The van der Waals surface area contributed by atoms with E-state index >= 15 is 0 Å². The van der Waals surface area contributed by atoms with Crippen molar-refractivity contribution in [1.82, 2.24) is 5.32 Å². The minimum atomic E-state index is -4.59. The number of allylic oxidation sites excluding steroid dienone is 7. The number of phosphoric acid groups is 1. The van der Waals surface area contributed by atoms with Crippen LogP contribution in [0.4, 0.5) is 0 Å². The third-order valence-corrected chi connectivity index (χ3v) is 8.45. The number of hydrogen-bond donors (Lipinski definition) is 2. The summed E-state index contributed by atoms with van der Waals surface area (Å²) >= 11 is 0. The Balaban J connectivity index is 4.71. The van der Waals surface area contributed by atoms with Crippen LogP contribution < -0.4 is 10.2 Å². The van der Waals surface area contributed by atoms with Gasteiger partial charge >= 0.3 is 0 Å². The Morgan fingerprint density at radius 2 is 1.22 bits per heavy atom. The van der Waals surface area contributed by atoms with Gasteiger partial charge in [0, 0.05) is 6.42 Å². The monoisotopic (exact) mass is 668 g/mol. The molecule has 0 saturated carbocycles. The molecule has 0 aliphatic carbocycles. The molecular formula is C37H69N2O6P. The molecule has 1 amide bonds. The van der Waals surface area contributed by atoms with Gasteiger partial charge in [0.25, 0.3) is 7.82 Å². The number of phosphoric ester groups is 1.